The summed E-state index contributed by atoms with van der Waals surface area (Å²) < 4.78 is 5.40. The first-order valence-corrected chi connectivity index (χ1v) is 12.8. The predicted octanol–water partition coefficient (Wildman–Crippen LogP) is 4.60. The molecule has 1 aliphatic heterocycles. The molecule has 202 valence electrons. The van der Waals surface area contributed by atoms with Gasteiger partial charge in [0.1, 0.15) is 11.3 Å². The summed E-state index contributed by atoms with van der Waals surface area (Å²) in [5.74, 6) is 1.11. The van der Waals surface area contributed by atoms with Crippen molar-refractivity contribution in [1.29, 1.82) is 0 Å². The van der Waals surface area contributed by atoms with Crippen molar-refractivity contribution in [3.8, 4) is 17.0 Å². The van der Waals surface area contributed by atoms with Crippen molar-refractivity contribution in [1.82, 2.24) is 30.7 Å². The monoisotopic (exact) mass is 534 g/mol. The highest BCUT2D eigenvalue weighted by Crippen LogP contribution is 2.29. The number of hydrogen-bond acceptors (Lipinski definition) is 8. The molecule has 1 aromatic carbocycles. The summed E-state index contributed by atoms with van der Waals surface area (Å²) in [5.41, 5.74) is 10.5. The van der Waals surface area contributed by atoms with Crippen molar-refractivity contribution >= 4 is 34.9 Å². The summed E-state index contributed by atoms with van der Waals surface area (Å²) in [6.07, 6.45) is 5.19. The van der Waals surface area contributed by atoms with Crippen molar-refractivity contribution in [3.05, 3.63) is 89.4 Å². The number of amides is 1. The van der Waals surface area contributed by atoms with Gasteiger partial charge in [-0.2, -0.15) is 5.10 Å². The number of benzene rings is 1. The second-order valence-corrected chi connectivity index (χ2v) is 9.61. The van der Waals surface area contributed by atoms with Crippen LogP contribution in [0.4, 0.5) is 0 Å². The van der Waals surface area contributed by atoms with Crippen molar-refractivity contribution < 1.29 is 9.53 Å². The highest BCUT2D eigenvalue weighted by Gasteiger charge is 2.23. The number of methoxy groups -OCH3 is 1. The number of hydrazone groups is 1. The summed E-state index contributed by atoms with van der Waals surface area (Å²) in [6, 6.07) is 13.5. The number of hydrogen-bond donors (Lipinski definition) is 3. The van der Waals surface area contributed by atoms with Gasteiger partial charge < -0.3 is 20.5 Å². The van der Waals surface area contributed by atoms with Gasteiger partial charge in [-0.15, -0.1) is 0 Å². The number of allylic oxidation sites excluding steroid dienone is 3. The Bertz CT molecular complexity index is 1700. The maximum absolute atomic E-state index is 12.2. The zero-order chi connectivity index (χ0) is 28.2. The highest BCUT2D eigenvalue weighted by molar-refractivity contribution is 6.12. The van der Waals surface area contributed by atoms with E-state index >= 15 is 0 Å². The molecule has 1 aliphatic rings. The van der Waals surface area contributed by atoms with E-state index in [1.165, 1.54) is 0 Å². The van der Waals surface area contributed by atoms with Crippen molar-refractivity contribution in [3.63, 3.8) is 0 Å². The summed E-state index contributed by atoms with van der Waals surface area (Å²) in [4.78, 5) is 34.0. The molecule has 0 saturated carbocycles. The molecular weight excluding hydrogens is 504 g/mol. The Kier molecular flexibility index (Phi) is 7.50. The Balaban J connectivity index is 1.54. The molecule has 3 N–H and O–H groups in total. The smallest absolute Gasteiger partial charge is 0.226 e. The Morgan fingerprint density at radius 1 is 1.18 bits per heavy atom. The van der Waals surface area contributed by atoms with Gasteiger partial charge in [-0.05, 0) is 44.0 Å². The standard InChI is InChI=1S/C30H30N8O2/c1-17(2)30(39)34-18(3)13-21(15-31-4)23-10-9-20-16-33-38-28(26(20)35-23)29-36-24-11-12-32-25(27(24)37-29)19-7-6-8-22(14-19)40-5/h6-15,17,33H,4,16H2,1-3,5H3,(H,34,39)(H,36,37)/b18-13+,21-15+. The molecule has 1 amide bonds. The number of nitrogens with zero attached hydrogens (tertiary/aromatic N) is 5. The lowest BCUT2D eigenvalue weighted by Crippen LogP contribution is -2.26. The summed E-state index contributed by atoms with van der Waals surface area (Å²) in [7, 11) is 1.64. The van der Waals surface area contributed by atoms with E-state index in [2.05, 4.69) is 37.5 Å². The molecule has 0 bridgehead atoms. The normalized spacial score (nSPS) is 13.5. The van der Waals surface area contributed by atoms with Crippen LogP contribution in [0.15, 0.2) is 76.7 Å². The van der Waals surface area contributed by atoms with E-state index in [4.69, 9.17) is 14.7 Å². The molecule has 0 spiro atoms. The molecule has 4 heterocycles. The van der Waals surface area contributed by atoms with Crippen LogP contribution in [0.5, 0.6) is 5.75 Å². The molecule has 10 nitrogen and oxygen atoms in total. The lowest BCUT2D eigenvalue weighted by atomic mass is 10.0. The van der Waals surface area contributed by atoms with Gasteiger partial charge in [0.05, 0.1) is 36.3 Å². The van der Waals surface area contributed by atoms with Crippen LogP contribution in [-0.2, 0) is 11.3 Å². The average molecular weight is 535 g/mol. The van der Waals surface area contributed by atoms with E-state index < -0.39 is 0 Å². The number of aromatic amines is 1. The lowest BCUT2D eigenvalue weighted by molar-refractivity contribution is -0.123. The van der Waals surface area contributed by atoms with E-state index in [0.29, 0.717) is 46.3 Å². The van der Waals surface area contributed by atoms with Crippen LogP contribution in [0.2, 0.25) is 0 Å². The van der Waals surface area contributed by atoms with Gasteiger partial charge in [0.25, 0.3) is 0 Å². The van der Waals surface area contributed by atoms with Crippen LogP contribution >= 0.6 is 0 Å². The number of carbonyl (C=O) groups is 1. The molecule has 0 fully saturated rings. The Morgan fingerprint density at radius 3 is 2.80 bits per heavy atom. The summed E-state index contributed by atoms with van der Waals surface area (Å²) in [5, 5.41) is 7.48. The number of pyridine rings is 2. The predicted molar refractivity (Wildman–Crippen MR) is 157 cm³/mol. The lowest BCUT2D eigenvalue weighted by Gasteiger charge is -2.17. The van der Waals surface area contributed by atoms with E-state index in [9.17, 15) is 4.79 Å². The van der Waals surface area contributed by atoms with Gasteiger partial charge in [-0.3, -0.25) is 14.8 Å². The Labute approximate surface area is 232 Å². The number of rotatable bonds is 8. The molecule has 5 rings (SSSR count). The number of ether oxygens (including phenoxy) is 1. The van der Waals surface area contributed by atoms with Crippen molar-refractivity contribution in [2.45, 2.75) is 27.3 Å². The third-order valence-corrected chi connectivity index (χ3v) is 6.37. The molecule has 0 atom stereocenters. The van der Waals surface area contributed by atoms with Crippen LogP contribution in [0.3, 0.4) is 0 Å². The van der Waals surface area contributed by atoms with E-state index in [1.807, 2.05) is 69.3 Å². The van der Waals surface area contributed by atoms with Crippen LogP contribution in [-0.4, -0.2) is 45.4 Å². The molecule has 3 aromatic heterocycles. The number of aliphatic imine (C=N–C) groups is 1. The number of H-pyrrole nitrogens is 1. The first-order chi connectivity index (χ1) is 19.4. The fourth-order valence-electron chi connectivity index (χ4n) is 4.33. The van der Waals surface area contributed by atoms with Crippen molar-refractivity contribution in [2.24, 2.45) is 16.0 Å². The fraction of sp³-hybridized carbons (Fsp3) is 0.200. The van der Waals surface area contributed by atoms with Crippen LogP contribution in [0.25, 0.3) is 27.9 Å². The molecule has 0 aliphatic carbocycles. The Morgan fingerprint density at radius 2 is 2.02 bits per heavy atom. The third-order valence-electron chi connectivity index (χ3n) is 6.37. The van der Waals surface area contributed by atoms with Crippen LogP contribution < -0.4 is 15.5 Å². The average Bonchev–Trinajstić information content (AvgIpc) is 3.40. The number of aromatic nitrogens is 4. The third kappa shape index (κ3) is 5.37. The quantitative estimate of drug-likeness (QED) is 0.224. The molecular formula is C30H30N8O2. The first-order valence-electron chi connectivity index (χ1n) is 12.8. The second-order valence-electron chi connectivity index (χ2n) is 9.61. The molecule has 10 heteroatoms. The zero-order valence-electron chi connectivity index (χ0n) is 22.8. The number of carbonyl (C=O) groups excluding carboxylic acids is 1. The topological polar surface area (TPSA) is 130 Å². The van der Waals surface area contributed by atoms with Crippen molar-refractivity contribution in [2.75, 3.05) is 7.11 Å². The minimum absolute atomic E-state index is 0.0637. The van der Waals surface area contributed by atoms with E-state index in [-0.39, 0.29) is 11.8 Å². The van der Waals surface area contributed by atoms with Gasteiger partial charge >= 0.3 is 0 Å². The van der Waals surface area contributed by atoms with Gasteiger partial charge in [0.2, 0.25) is 5.91 Å². The molecule has 0 unspecified atom stereocenters. The minimum Gasteiger partial charge on any atom is -0.497 e. The SMILES string of the molecule is C=N/C=C(\C=C(/C)NC(=O)C(C)C)c1ccc2c(n1)C(c1nc3c(-c4cccc(OC)c4)nccc3[nH]1)=NNC2. The molecule has 0 radical (unpaired) electrons. The van der Waals surface area contributed by atoms with Gasteiger partial charge in [-0.1, -0.05) is 32.0 Å². The van der Waals surface area contributed by atoms with Gasteiger partial charge in [0, 0.05) is 40.7 Å². The van der Waals surface area contributed by atoms with Gasteiger partial charge in [0.15, 0.2) is 11.5 Å². The van der Waals surface area contributed by atoms with E-state index in [1.54, 1.807) is 19.5 Å². The molecule has 40 heavy (non-hydrogen) atoms. The maximum atomic E-state index is 12.2. The summed E-state index contributed by atoms with van der Waals surface area (Å²) in [6.45, 7) is 9.66. The highest BCUT2D eigenvalue weighted by atomic mass is 16.5. The largest absolute Gasteiger partial charge is 0.497 e. The minimum atomic E-state index is -0.134. The molecule has 4 aromatic rings. The van der Waals surface area contributed by atoms with E-state index in [0.717, 1.165) is 28.1 Å². The maximum Gasteiger partial charge on any atom is 0.226 e. The van der Waals surface area contributed by atoms with Crippen LogP contribution in [0, 0.1) is 5.92 Å². The summed E-state index contributed by atoms with van der Waals surface area (Å²) >= 11 is 0. The van der Waals surface area contributed by atoms with Crippen LogP contribution in [0.1, 0.15) is 43.5 Å². The molecule has 0 saturated heterocycles. The number of fused-ring (bicyclic) bond motifs is 2. The number of imidazole rings is 1. The first kappa shape index (κ1) is 26.5. The van der Waals surface area contributed by atoms with Gasteiger partial charge in [-0.25, -0.2) is 9.97 Å². The fourth-order valence-corrected chi connectivity index (χ4v) is 4.33. The number of nitrogens with one attached hydrogen (secondary N) is 3. The zero-order valence-corrected chi connectivity index (χ0v) is 22.8. The second kappa shape index (κ2) is 11.3. The Hall–Kier alpha value is -5.12.